The van der Waals surface area contributed by atoms with Crippen LogP contribution in [0.3, 0.4) is 0 Å². The minimum Gasteiger partial charge on any atom is -0.444 e. The highest BCUT2D eigenvalue weighted by Gasteiger charge is 2.32. The average molecular weight is 565 g/mol. The number of nitrogens with one attached hydrogen (secondary N) is 2. The van der Waals surface area contributed by atoms with Gasteiger partial charge in [0.2, 0.25) is 5.91 Å². The number of aryl methyl sites for hydroxylation is 1. The first-order valence-corrected chi connectivity index (χ1v) is 13.8. The van der Waals surface area contributed by atoms with Crippen molar-refractivity contribution in [2.24, 2.45) is 0 Å². The minimum absolute atomic E-state index is 0.180. The molecular weight excluding hydrogens is 532 g/mol. The standard InChI is InChI=1S/C30H33ClN4O5/c1-17-23-26(34-40-17)24-21(31)14-9-15-22(24)35(28(23)37)20-13-8-12-19(16-20)32-27(36)25(18-10-6-5-7-11-18)33-29(38)39-30(2,3)4/h5-7,9-11,14-15,19-20,25H,8,12-13,16H2,1-4H3,(H,32,36)(H,33,38)/t19-,20+,25-/m0/s1. The molecule has 1 saturated carbocycles. The van der Waals surface area contributed by atoms with Gasteiger partial charge in [0.25, 0.3) is 5.56 Å². The number of pyridine rings is 1. The molecule has 40 heavy (non-hydrogen) atoms. The van der Waals surface area contributed by atoms with Gasteiger partial charge in [0, 0.05) is 17.5 Å². The maximum Gasteiger partial charge on any atom is 0.408 e. The molecule has 1 aliphatic rings. The molecular formula is C30H33ClN4O5. The van der Waals surface area contributed by atoms with E-state index in [1.165, 1.54) is 0 Å². The van der Waals surface area contributed by atoms with Crippen molar-refractivity contribution in [3.05, 3.63) is 75.2 Å². The molecule has 0 bridgehead atoms. The van der Waals surface area contributed by atoms with Crippen LogP contribution in [0.2, 0.25) is 5.02 Å². The number of carbonyl (C=O) groups is 2. The fourth-order valence-corrected chi connectivity index (χ4v) is 5.78. The van der Waals surface area contributed by atoms with E-state index in [0.717, 1.165) is 19.3 Å². The van der Waals surface area contributed by atoms with Crippen LogP contribution in [0.5, 0.6) is 0 Å². The zero-order valence-corrected chi connectivity index (χ0v) is 23.7. The van der Waals surface area contributed by atoms with Crippen molar-refractivity contribution in [1.29, 1.82) is 0 Å². The lowest BCUT2D eigenvalue weighted by Gasteiger charge is -2.33. The van der Waals surface area contributed by atoms with E-state index in [9.17, 15) is 14.4 Å². The van der Waals surface area contributed by atoms with Gasteiger partial charge in [0.05, 0.1) is 10.5 Å². The summed E-state index contributed by atoms with van der Waals surface area (Å²) in [7, 11) is 0. The molecule has 2 aromatic heterocycles. The van der Waals surface area contributed by atoms with Gasteiger partial charge < -0.3 is 24.5 Å². The molecule has 0 radical (unpaired) electrons. The number of rotatable bonds is 5. The average Bonchev–Trinajstić information content (AvgIpc) is 3.28. The Kier molecular flexibility index (Phi) is 7.59. The van der Waals surface area contributed by atoms with Gasteiger partial charge in [-0.2, -0.15) is 0 Å². The number of fused-ring (bicyclic) bond motifs is 3. The molecule has 5 rings (SSSR count). The predicted octanol–water partition coefficient (Wildman–Crippen LogP) is 5.97. The fourth-order valence-electron chi connectivity index (χ4n) is 5.52. The Morgan fingerprint density at radius 1 is 1.10 bits per heavy atom. The summed E-state index contributed by atoms with van der Waals surface area (Å²) >= 11 is 6.58. The van der Waals surface area contributed by atoms with Gasteiger partial charge in [-0.15, -0.1) is 0 Å². The lowest BCUT2D eigenvalue weighted by atomic mass is 9.89. The second kappa shape index (κ2) is 11.0. The molecule has 0 aliphatic heterocycles. The number of ether oxygens (including phenoxy) is 1. The molecule has 1 fully saturated rings. The topological polar surface area (TPSA) is 115 Å². The van der Waals surface area contributed by atoms with Crippen LogP contribution in [0.4, 0.5) is 4.79 Å². The van der Waals surface area contributed by atoms with Crippen molar-refractivity contribution in [2.75, 3.05) is 0 Å². The third-order valence-electron chi connectivity index (χ3n) is 7.20. The van der Waals surface area contributed by atoms with Crippen molar-refractivity contribution < 1.29 is 18.8 Å². The van der Waals surface area contributed by atoms with E-state index in [1.54, 1.807) is 50.5 Å². The summed E-state index contributed by atoms with van der Waals surface area (Å²) < 4.78 is 12.6. The monoisotopic (exact) mass is 564 g/mol. The molecule has 1 aliphatic carbocycles. The normalized spacial score (nSPS) is 18.4. The zero-order valence-electron chi connectivity index (χ0n) is 23.0. The maximum atomic E-state index is 13.8. The summed E-state index contributed by atoms with van der Waals surface area (Å²) in [5, 5.41) is 11.6. The van der Waals surface area contributed by atoms with Crippen molar-refractivity contribution in [3.8, 4) is 0 Å². The van der Waals surface area contributed by atoms with E-state index in [1.807, 2.05) is 30.3 Å². The van der Waals surface area contributed by atoms with Crippen LogP contribution in [0.15, 0.2) is 57.8 Å². The smallest absolute Gasteiger partial charge is 0.408 e. The van der Waals surface area contributed by atoms with E-state index >= 15 is 0 Å². The molecule has 2 amide bonds. The summed E-state index contributed by atoms with van der Waals surface area (Å²) in [5.41, 5.74) is 0.891. The van der Waals surface area contributed by atoms with Crippen molar-refractivity contribution >= 4 is 45.4 Å². The first kappa shape index (κ1) is 27.7. The number of halogens is 1. The van der Waals surface area contributed by atoms with Crippen molar-refractivity contribution in [3.63, 3.8) is 0 Å². The molecule has 0 unspecified atom stereocenters. The van der Waals surface area contributed by atoms with Gasteiger partial charge in [0.1, 0.15) is 28.3 Å². The second-order valence-corrected chi connectivity index (χ2v) is 11.7. The Hall–Kier alpha value is -3.85. The van der Waals surface area contributed by atoms with Crippen LogP contribution in [-0.2, 0) is 9.53 Å². The van der Waals surface area contributed by atoms with Crippen LogP contribution in [0.25, 0.3) is 21.8 Å². The fraction of sp³-hybridized carbons (Fsp3) is 0.400. The highest BCUT2D eigenvalue weighted by atomic mass is 35.5. The number of amides is 2. The highest BCUT2D eigenvalue weighted by Crippen LogP contribution is 2.35. The van der Waals surface area contributed by atoms with Gasteiger partial charge in [0.15, 0.2) is 0 Å². The Morgan fingerprint density at radius 3 is 2.58 bits per heavy atom. The lowest BCUT2D eigenvalue weighted by Crippen LogP contribution is -2.47. The molecule has 210 valence electrons. The van der Waals surface area contributed by atoms with E-state index in [4.69, 9.17) is 20.9 Å². The molecule has 10 heteroatoms. The van der Waals surface area contributed by atoms with E-state index in [2.05, 4.69) is 15.8 Å². The maximum absolute atomic E-state index is 13.8. The van der Waals surface area contributed by atoms with Crippen LogP contribution >= 0.6 is 11.6 Å². The largest absolute Gasteiger partial charge is 0.444 e. The van der Waals surface area contributed by atoms with Crippen molar-refractivity contribution in [1.82, 2.24) is 20.4 Å². The SMILES string of the molecule is Cc1onc2c1c(=O)n([C@@H]1CCC[C@H](NC(=O)[C@@H](NC(=O)OC(C)(C)C)c3ccccc3)C1)c1cccc(Cl)c21. The number of nitrogens with zero attached hydrogens (tertiary/aromatic N) is 2. The lowest BCUT2D eigenvalue weighted by molar-refractivity contribution is -0.124. The number of alkyl carbamates (subject to hydrolysis) is 1. The van der Waals surface area contributed by atoms with Crippen molar-refractivity contribution in [2.45, 2.75) is 77.1 Å². The molecule has 3 atom stereocenters. The summed E-state index contributed by atoms with van der Waals surface area (Å²) in [4.78, 5) is 39.9. The molecule has 0 saturated heterocycles. The van der Waals surface area contributed by atoms with E-state index < -0.39 is 17.7 Å². The summed E-state index contributed by atoms with van der Waals surface area (Å²) in [6.45, 7) is 7.02. The first-order chi connectivity index (χ1) is 19.0. The van der Waals surface area contributed by atoms with Gasteiger partial charge >= 0.3 is 6.09 Å². The Morgan fingerprint density at radius 2 is 1.85 bits per heavy atom. The number of benzene rings is 2. The number of hydrogen-bond donors (Lipinski definition) is 2. The molecule has 4 aromatic rings. The van der Waals surface area contributed by atoms with Gasteiger partial charge in [-0.3, -0.25) is 9.59 Å². The summed E-state index contributed by atoms with van der Waals surface area (Å²) in [6.07, 6.45) is 2.18. The molecule has 2 heterocycles. The highest BCUT2D eigenvalue weighted by molar-refractivity contribution is 6.37. The number of aromatic nitrogens is 2. The predicted molar refractivity (Wildman–Crippen MR) is 154 cm³/mol. The van der Waals surface area contributed by atoms with Gasteiger partial charge in [-0.1, -0.05) is 53.2 Å². The quantitative estimate of drug-likeness (QED) is 0.308. The number of carbonyl (C=O) groups excluding carboxylic acids is 2. The zero-order chi connectivity index (χ0) is 28.6. The minimum atomic E-state index is -0.935. The molecule has 2 aromatic carbocycles. The second-order valence-electron chi connectivity index (χ2n) is 11.3. The molecule has 9 nitrogen and oxygen atoms in total. The summed E-state index contributed by atoms with van der Waals surface area (Å²) in [6, 6.07) is 13.2. The Balaban J connectivity index is 1.43. The van der Waals surface area contributed by atoms with E-state index in [0.29, 0.717) is 44.6 Å². The van der Waals surface area contributed by atoms with E-state index in [-0.39, 0.29) is 23.6 Å². The Labute approximate surface area is 236 Å². The molecule has 0 spiro atoms. The summed E-state index contributed by atoms with van der Waals surface area (Å²) in [5.74, 6) is 0.100. The van der Waals surface area contributed by atoms with Crippen LogP contribution in [0.1, 0.15) is 69.9 Å². The van der Waals surface area contributed by atoms with Crippen LogP contribution in [-0.4, -0.2) is 33.4 Å². The van der Waals surface area contributed by atoms with Gasteiger partial charge in [-0.25, -0.2) is 4.79 Å². The first-order valence-electron chi connectivity index (χ1n) is 13.5. The Bertz CT molecular complexity index is 1620. The van der Waals surface area contributed by atoms with Crippen LogP contribution in [0, 0.1) is 6.92 Å². The molecule has 2 N–H and O–H groups in total. The number of hydrogen-bond acceptors (Lipinski definition) is 6. The van der Waals surface area contributed by atoms with Gasteiger partial charge in [-0.05, 0) is 71.1 Å². The third kappa shape index (κ3) is 5.56. The van der Waals surface area contributed by atoms with Crippen LogP contribution < -0.4 is 16.2 Å². The third-order valence-corrected chi connectivity index (χ3v) is 7.51.